The first-order valence-corrected chi connectivity index (χ1v) is 11.6. The molecule has 3 rings (SSSR count). The van der Waals surface area contributed by atoms with Crippen LogP contribution in [0.15, 0.2) is 88.9 Å². The number of hydrogen-bond acceptors (Lipinski definition) is 6. The third-order valence-electron chi connectivity index (χ3n) is 4.84. The fourth-order valence-electron chi connectivity index (χ4n) is 3.05. The molecule has 0 spiro atoms. The van der Waals surface area contributed by atoms with Gasteiger partial charge in [0.2, 0.25) is 10.0 Å². The molecule has 0 unspecified atom stereocenters. The van der Waals surface area contributed by atoms with E-state index in [2.05, 4.69) is 10.5 Å². The van der Waals surface area contributed by atoms with Crippen LogP contribution in [0, 0.1) is 0 Å². The summed E-state index contributed by atoms with van der Waals surface area (Å²) < 4.78 is 32.7. The Kier molecular flexibility index (Phi) is 8.17. The average Bonchev–Trinajstić information content (AvgIpc) is 2.83. The summed E-state index contributed by atoms with van der Waals surface area (Å²) in [5.74, 6) is -0.0603. The van der Waals surface area contributed by atoms with Crippen molar-refractivity contribution in [3.63, 3.8) is 0 Å². The van der Waals surface area contributed by atoms with E-state index in [1.807, 2.05) is 30.3 Å². The van der Waals surface area contributed by atoms with Gasteiger partial charge in [-0.25, -0.2) is 13.8 Å². The lowest BCUT2D eigenvalue weighted by Gasteiger charge is -2.21. The molecule has 0 aliphatic carbocycles. The Hall–Kier alpha value is -3.69. The molecule has 0 saturated heterocycles. The van der Waals surface area contributed by atoms with Gasteiger partial charge in [-0.3, -0.25) is 4.79 Å². The Balaban J connectivity index is 1.75. The molecule has 0 fully saturated rings. The number of hydrogen-bond donors (Lipinski definition) is 2. The Labute approximate surface area is 193 Å². The molecule has 3 aromatic rings. The largest absolute Gasteiger partial charge is 0.507 e. The summed E-state index contributed by atoms with van der Waals surface area (Å²) in [7, 11) is -2.45. The molecule has 0 bridgehead atoms. The fraction of sp³-hybridized carbons (Fsp3) is 0.167. The second-order valence-electron chi connectivity index (χ2n) is 7.10. The van der Waals surface area contributed by atoms with Crippen molar-refractivity contribution in [3.05, 3.63) is 90.0 Å². The van der Waals surface area contributed by atoms with Crippen LogP contribution in [0.4, 0.5) is 0 Å². The predicted molar refractivity (Wildman–Crippen MR) is 126 cm³/mol. The van der Waals surface area contributed by atoms with E-state index in [-0.39, 0.29) is 17.2 Å². The topological polar surface area (TPSA) is 108 Å². The van der Waals surface area contributed by atoms with Crippen molar-refractivity contribution in [1.29, 1.82) is 0 Å². The van der Waals surface area contributed by atoms with E-state index in [0.717, 1.165) is 9.87 Å². The molecule has 0 aliphatic rings. The molecule has 8 nitrogen and oxygen atoms in total. The summed E-state index contributed by atoms with van der Waals surface area (Å²) in [5, 5.41) is 13.6. The quantitative estimate of drug-likeness (QED) is 0.352. The van der Waals surface area contributed by atoms with Crippen LogP contribution >= 0.6 is 0 Å². The number of phenols is 1. The average molecular weight is 468 g/mol. The number of phenolic OH excluding ortho intramolecular Hbond substituents is 1. The number of nitrogens with one attached hydrogen (secondary N) is 1. The van der Waals surface area contributed by atoms with Crippen molar-refractivity contribution in [2.24, 2.45) is 5.10 Å². The Bertz CT molecular complexity index is 1200. The van der Waals surface area contributed by atoms with Crippen LogP contribution in [0.25, 0.3) is 0 Å². The standard InChI is InChI=1S/C24H25N3O5S/c1-32-21-11-13-22(14-12-21)33(30,31)27(16-15-19-7-3-2-4-8-19)18-24(29)26-25-17-20-9-5-6-10-23(20)28/h2-14,17,28H,15-16,18H2,1H3,(H,26,29)/b25-17-. The van der Waals surface area contributed by atoms with Crippen molar-refractivity contribution in [1.82, 2.24) is 9.73 Å². The number of rotatable bonds is 10. The highest BCUT2D eigenvalue weighted by molar-refractivity contribution is 7.89. The zero-order valence-corrected chi connectivity index (χ0v) is 18.9. The number of carbonyl (C=O) groups excluding carboxylic acids is 1. The van der Waals surface area contributed by atoms with Crippen molar-refractivity contribution >= 4 is 22.1 Å². The maximum Gasteiger partial charge on any atom is 0.255 e. The van der Waals surface area contributed by atoms with E-state index >= 15 is 0 Å². The number of hydrazone groups is 1. The Morgan fingerprint density at radius 3 is 2.36 bits per heavy atom. The van der Waals surface area contributed by atoms with Gasteiger partial charge >= 0.3 is 0 Å². The van der Waals surface area contributed by atoms with Gasteiger partial charge in [0, 0.05) is 12.1 Å². The van der Waals surface area contributed by atoms with E-state index in [4.69, 9.17) is 4.74 Å². The highest BCUT2D eigenvalue weighted by atomic mass is 32.2. The lowest BCUT2D eigenvalue weighted by Crippen LogP contribution is -2.40. The van der Waals surface area contributed by atoms with Gasteiger partial charge in [-0.15, -0.1) is 0 Å². The first-order valence-electron chi connectivity index (χ1n) is 10.2. The molecule has 0 atom stereocenters. The van der Waals surface area contributed by atoms with Gasteiger partial charge in [0.05, 0.1) is 24.8 Å². The van der Waals surface area contributed by atoms with Gasteiger partial charge in [0.25, 0.3) is 5.91 Å². The molecule has 0 aliphatic heterocycles. The number of aromatic hydroxyl groups is 1. The number of methoxy groups -OCH3 is 1. The highest BCUT2D eigenvalue weighted by Crippen LogP contribution is 2.20. The van der Waals surface area contributed by atoms with Crippen molar-refractivity contribution < 1.29 is 23.1 Å². The number of sulfonamides is 1. The van der Waals surface area contributed by atoms with Crippen LogP contribution in [0.1, 0.15) is 11.1 Å². The van der Waals surface area contributed by atoms with E-state index in [1.54, 1.807) is 30.3 Å². The fourth-order valence-corrected chi connectivity index (χ4v) is 4.44. The summed E-state index contributed by atoms with van der Waals surface area (Å²) in [6, 6.07) is 21.9. The monoisotopic (exact) mass is 467 g/mol. The molecule has 33 heavy (non-hydrogen) atoms. The van der Waals surface area contributed by atoms with Crippen molar-refractivity contribution in [2.45, 2.75) is 11.3 Å². The SMILES string of the molecule is COc1ccc(S(=O)(=O)N(CCc2ccccc2)CC(=O)N/N=C\c2ccccc2O)cc1. The normalized spacial score (nSPS) is 11.6. The third kappa shape index (κ3) is 6.64. The zero-order valence-electron chi connectivity index (χ0n) is 18.1. The van der Waals surface area contributed by atoms with Crippen LogP contribution in [-0.2, 0) is 21.2 Å². The van der Waals surface area contributed by atoms with E-state index in [9.17, 15) is 18.3 Å². The Morgan fingerprint density at radius 2 is 1.70 bits per heavy atom. The maximum atomic E-state index is 13.3. The first-order chi connectivity index (χ1) is 15.9. The number of carbonyl (C=O) groups is 1. The minimum atomic E-state index is -3.95. The van der Waals surface area contributed by atoms with Crippen molar-refractivity contribution in [2.75, 3.05) is 20.2 Å². The lowest BCUT2D eigenvalue weighted by atomic mass is 10.1. The molecular formula is C24H25N3O5S. The van der Waals surface area contributed by atoms with Crippen LogP contribution in [0.5, 0.6) is 11.5 Å². The van der Waals surface area contributed by atoms with E-state index in [0.29, 0.717) is 17.7 Å². The molecule has 0 saturated carbocycles. The van der Waals surface area contributed by atoms with E-state index < -0.39 is 22.5 Å². The maximum absolute atomic E-state index is 13.3. The summed E-state index contributed by atoms with van der Waals surface area (Å²) in [4.78, 5) is 12.6. The minimum absolute atomic E-state index is 0.0158. The van der Waals surface area contributed by atoms with Gasteiger partial charge in [-0.1, -0.05) is 42.5 Å². The van der Waals surface area contributed by atoms with Gasteiger partial charge in [0.1, 0.15) is 11.5 Å². The molecule has 2 N–H and O–H groups in total. The molecule has 3 aromatic carbocycles. The second-order valence-corrected chi connectivity index (χ2v) is 9.04. The predicted octanol–water partition coefficient (Wildman–Crippen LogP) is 2.78. The highest BCUT2D eigenvalue weighted by Gasteiger charge is 2.26. The Morgan fingerprint density at radius 1 is 1.03 bits per heavy atom. The lowest BCUT2D eigenvalue weighted by molar-refractivity contribution is -0.121. The smallest absolute Gasteiger partial charge is 0.255 e. The summed E-state index contributed by atoms with van der Waals surface area (Å²) in [5.41, 5.74) is 3.69. The van der Waals surface area contributed by atoms with Crippen LogP contribution in [0.3, 0.4) is 0 Å². The number of nitrogens with zero attached hydrogens (tertiary/aromatic N) is 2. The zero-order chi connectivity index (χ0) is 23.7. The van der Waals surface area contributed by atoms with Crippen LogP contribution in [-0.4, -0.2) is 50.2 Å². The molecule has 1 amide bonds. The summed E-state index contributed by atoms with van der Waals surface area (Å²) >= 11 is 0. The van der Waals surface area contributed by atoms with Crippen LogP contribution in [0.2, 0.25) is 0 Å². The molecule has 0 heterocycles. The number of para-hydroxylation sites is 1. The number of benzene rings is 3. The van der Waals surface area contributed by atoms with Crippen molar-refractivity contribution in [3.8, 4) is 11.5 Å². The number of amides is 1. The molecule has 0 radical (unpaired) electrons. The van der Waals surface area contributed by atoms with Gasteiger partial charge in [-0.2, -0.15) is 9.41 Å². The molecule has 0 aromatic heterocycles. The second kappa shape index (κ2) is 11.3. The van der Waals surface area contributed by atoms with Crippen LogP contribution < -0.4 is 10.2 Å². The van der Waals surface area contributed by atoms with Gasteiger partial charge in [0.15, 0.2) is 0 Å². The number of ether oxygens (including phenoxy) is 1. The minimum Gasteiger partial charge on any atom is -0.507 e. The molecule has 172 valence electrons. The van der Waals surface area contributed by atoms with E-state index in [1.165, 1.54) is 31.5 Å². The third-order valence-corrected chi connectivity index (χ3v) is 6.70. The molecule has 9 heteroatoms. The first kappa shape index (κ1) is 24.0. The van der Waals surface area contributed by atoms with Gasteiger partial charge < -0.3 is 9.84 Å². The van der Waals surface area contributed by atoms with Gasteiger partial charge in [-0.05, 0) is 48.4 Å². The summed E-state index contributed by atoms with van der Waals surface area (Å²) in [6.45, 7) is -0.311. The molecular weight excluding hydrogens is 442 g/mol. The summed E-state index contributed by atoms with van der Waals surface area (Å²) in [6.07, 6.45) is 1.73.